The summed E-state index contributed by atoms with van der Waals surface area (Å²) in [5.74, 6) is 0. The summed E-state index contributed by atoms with van der Waals surface area (Å²) in [4.78, 5) is 0. The standard InChI is InChI=1S/C15H32O5/c1-3-5-7-13(16)9-19-11-15(18)12-20-10-14(17)8-6-4-2/h13-18H,3-12H2,1-2H3. The van der Waals surface area contributed by atoms with Crippen molar-refractivity contribution in [2.75, 3.05) is 26.4 Å². The molecular formula is C15H32O5. The van der Waals surface area contributed by atoms with Crippen LogP contribution in [-0.4, -0.2) is 60.1 Å². The molecule has 20 heavy (non-hydrogen) atoms. The van der Waals surface area contributed by atoms with E-state index in [0.29, 0.717) is 0 Å². The average molecular weight is 292 g/mol. The predicted molar refractivity (Wildman–Crippen MR) is 78.7 cm³/mol. The van der Waals surface area contributed by atoms with Gasteiger partial charge in [-0.1, -0.05) is 39.5 Å². The highest BCUT2D eigenvalue weighted by molar-refractivity contribution is 4.58. The Morgan fingerprint density at radius 3 is 1.35 bits per heavy atom. The normalized spacial score (nSPS) is 16.1. The molecule has 3 N–H and O–H groups in total. The zero-order valence-electron chi connectivity index (χ0n) is 13.0. The second-order valence-electron chi connectivity index (χ2n) is 5.32. The number of rotatable bonds is 14. The minimum atomic E-state index is -0.716. The minimum absolute atomic E-state index is 0.147. The highest BCUT2D eigenvalue weighted by atomic mass is 16.5. The summed E-state index contributed by atoms with van der Waals surface area (Å²) in [6.45, 7) is 4.93. The van der Waals surface area contributed by atoms with Gasteiger partial charge in [-0.25, -0.2) is 0 Å². The Bertz CT molecular complexity index is 181. The smallest absolute Gasteiger partial charge is 0.101 e. The molecule has 0 aliphatic heterocycles. The van der Waals surface area contributed by atoms with Crippen molar-refractivity contribution in [2.45, 2.75) is 70.7 Å². The van der Waals surface area contributed by atoms with Gasteiger partial charge in [0.05, 0.1) is 38.6 Å². The number of hydrogen-bond donors (Lipinski definition) is 3. The fourth-order valence-corrected chi connectivity index (χ4v) is 1.77. The van der Waals surface area contributed by atoms with E-state index in [2.05, 4.69) is 13.8 Å². The van der Waals surface area contributed by atoms with E-state index < -0.39 is 18.3 Å². The fraction of sp³-hybridized carbons (Fsp3) is 1.00. The Hall–Kier alpha value is -0.200. The number of aliphatic hydroxyl groups is 3. The van der Waals surface area contributed by atoms with Gasteiger partial charge in [0.15, 0.2) is 0 Å². The van der Waals surface area contributed by atoms with Gasteiger partial charge in [0.1, 0.15) is 6.10 Å². The molecule has 122 valence electrons. The van der Waals surface area contributed by atoms with Gasteiger partial charge in [0.2, 0.25) is 0 Å². The maximum Gasteiger partial charge on any atom is 0.101 e. The van der Waals surface area contributed by atoms with Crippen molar-refractivity contribution in [1.29, 1.82) is 0 Å². The van der Waals surface area contributed by atoms with Crippen LogP contribution < -0.4 is 0 Å². The van der Waals surface area contributed by atoms with Gasteiger partial charge in [0, 0.05) is 0 Å². The van der Waals surface area contributed by atoms with Gasteiger partial charge in [-0.3, -0.25) is 0 Å². The Morgan fingerprint density at radius 2 is 1.00 bits per heavy atom. The molecule has 0 aromatic heterocycles. The van der Waals surface area contributed by atoms with Crippen molar-refractivity contribution in [3.8, 4) is 0 Å². The molecule has 0 saturated heterocycles. The van der Waals surface area contributed by atoms with Gasteiger partial charge in [0.25, 0.3) is 0 Å². The van der Waals surface area contributed by atoms with E-state index in [-0.39, 0.29) is 26.4 Å². The van der Waals surface area contributed by atoms with Crippen LogP contribution in [0.1, 0.15) is 52.4 Å². The molecule has 0 spiro atoms. The van der Waals surface area contributed by atoms with Gasteiger partial charge in [-0.05, 0) is 12.8 Å². The Kier molecular flexibility index (Phi) is 13.6. The monoisotopic (exact) mass is 292 g/mol. The second kappa shape index (κ2) is 13.8. The molecule has 0 aromatic rings. The molecule has 0 rings (SSSR count). The third-order valence-corrected chi connectivity index (χ3v) is 3.02. The molecule has 0 fully saturated rings. The van der Waals surface area contributed by atoms with Gasteiger partial charge in [-0.15, -0.1) is 0 Å². The molecule has 2 unspecified atom stereocenters. The molecule has 2 atom stereocenters. The van der Waals surface area contributed by atoms with Crippen molar-refractivity contribution in [2.24, 2.45) is 0 Å². The van der Waals surface area contributed by atoms with Crippen molar-refractivity contribution in [3.05, 3.63) is 0 Å². The van der Waals surface area contributed by atoms with Crippen LogP contribution in [0.2, 0.25) is 0 Å². The number of unbranched alkanes of at least 4 members (excludes halogenated alkanes) is 2. The van der Waals surface area contributed by atoms with E-state index in [1.807, 2.05) is 0 Å². The summed E-state index contributed by atoms with van der Waals surface area (Å²) in [6.07, 6.45) is 3.88. The van der Waals surface area contributed by atoms with Crippen molar-refractivity contribution in [3.63, 3.8) is 0 Å². The lowest BCUT2D eigenvalue weighted by atomic mass is 10.2. The molecule has 0 heterocycles. The van der Waals surface area contributed by atoms with Gasteiger partial charge >= 0.3 is 0 Å². The highest BCUT2D eigenvalue weighted by Gasteiger charge is 2.09. The summed E-state index contributed by atoms with van der Waals surface area (Å²) in [5, 5.41) is 28.7. The van der Waals surface area contributed by atoms with Crippen LogP contribution in [0.4, 0.5) is 0 Å². The van der Waals surface area contributed by atoms with E-state index in [1.54, 1.807) is 0 Å². The van der Waals surface area contributed by atoms with Crippen LogP contribution in [0.5, 0.6) is 0 Å². The van der Waals surface area contributed by atoms with Crippen LogP contribution in [-0.2, 0) is 9.47 Å². The minimum Gasteiger partial charge on any atom is -0.391 e. The maximum atomic E-state index is 9.61. The summed E-state index contributed by atoms with van der Waals surface area (Å²) in [7, 11) is 0. The molecule has 5 heteroatoms. The lowest BCUT2D eigenvalue weighted by molar-refractivity contribution is -0.0540. The molecule has 0 saturated carbocycles. The molecule has 0 amide bonds. The van der Waals surface area contributed by atoms with E-state index >= 15 is 0 Å². The predicted octanol–water partition coefficient (Wildman–Crippen LogP) is 1.48. The fourth-order valence-electron chi connectivity index (χ4n) is 1.77. The van der Waals surface area contributed by atoms with Gasteiger partial charge in [-0.2, -0.15) is 0 Å². The largest absolute Gasteiger partial charge is 0.391 e. The number of hydrogen-bond acceptors (Lipinski definition) is 5. The first-order valence-electron chi connectivity index (χ1n) is 7.79. The average Bonchev–Trinajstić information content (AvgIpc) is 2.42. The number of ether oxygens (including phenoxy) is 2. The highest BCUT2D eigenvalue weighted by Crippen LogP contribution is 2.02. The first-order valence-corrected chi connectivity index (χ1v) is 7.79. The van der Waals surface area contributed by atoms with E-state index in [1.165, 1.54) is 0 Å². The van der Waals surface area contributed by atoms with Crippen molar-refractivity contribution in [1.82, 2.24) is 0 Å². The molecule has 0 bridgehead atoms. The maximum absolute atomic E-state index is 9.61. The summed E-state index contributed by atoms with van der Waals surface area (Å²) >= 11 is 0. The zero-order valence-corrected chi connectivity index (χ0v) is 13.0. The third kappa shape index (κ3) is 12.8. The van der Waals surface area contributed by atoms with Crippen LogP contribution in [0.25, 0.3) is 0 Å². The molecule has 0 aromatic carbocycles. The first kappa shape index (κ1) is 19.8. The van der Waals surface area contributed by atoms with Gasteiger partial charge < -0.3 is 24.8 Å². The lowest BCUT2D eigenvalue weighted by Gasteiger charge is -2.15. The quantitative estimate of drug-likeness (QED) is 0.452. The molecule has 5 nitrogen and oxygen atoms in total. The van der Waals surface area contributed by atoms with Crippen molar-refractivity contribution < 1.29 is 24.8 Å². The molecule has 0 radical (unpaired) electrons. The Morgan fingerprint density at radius 1 is 0.650 bits per heavy atom. The zero-order chi connectivity index (χ0) is 15.2. The Balaban J connectivity index is 3.42. The van der Waals surface area contributed by atoms with E-state index in [0.717, 1.165) is 38.5 Å². The molecule has 0 aliphatic rings. The van der Waals surface area contributed by atoms with Crippen LogP contribution in [0.15, 0.2) is 0 Å². The summed E-state index contributed by atoms with van der Waals surface area (Å²) in [6, 6.07) is 0. The van der Waals surface area contributed by atoms with Crippen molar-refractivity contribution >= 4 is 0 Å². The van der Waals surface area contributed by atoms with E-state index in [4.69, 9.17) is 9.47 Å². The lowest BCUT2D eigenvalue weighted by Crippen LogP contribution is -2.27. The summed E-state index contributed by atoms with van der Waals surface area (Å²) in [5.41, 5.74) is 0. The third-order valence-electron chi connectivity index (χ3n) is 3.02. The van der Waals surface area contributed by atoms with Crippen LogP contribution >= 0.6 is 0 Å². The van der Waals surface area contributed by atoms with Crippen LogP contribution in [0, 0.1) is 0 Å². The number of aliphatic hydroxyl groups excluding tert-OH is 3. The summed E-state index contributed by atoms with van der Waals surface area (Å²) < 4.78 is 10.5. The first-order chi connectivity index (χ1) is 9.60. The topological polar surface area (TPSA) is 79.2 Å². The van der Waals surface area contributed by atoms with Crippen LogP contribution in [0.3, 0.4) is 0 Å². The SMILES string of the molecule is CCCCC(O)COCC(O)COCC(O)CCCC. The van der Waals surface area contributed by atoms with E-state index in [9.17, 15) is 15.3 Å². The molecule has 0 aliphatic carbocycles. The Labute approximate surface area is 122 Å². The molecular weight excluding hydrogens is 260 g/mol. The second-order valence-corrected chi connectivity index (χ2v) is 5.32.